The van der Waals surface area contributed by atoms with Crippen molar-refractivity contribution in [3.05, 3.63) is 60.2 Å². The molecule has 1 atom stereocenters. The van der Waals surface area contributed by atoms with Gasteiger partial charge in [0.25, 0.3) is 0 Å². The van der Waals surface area contributed by atoms with Gasteiger partial charge in [-0.15, -0.1) is 0 Å². The number of hydrogen-bond acceptors (Lipinski definition) is 3. The average Bonchev–Trinajstić information content (AvgIpc) is 2.56. The quantitative estimate of drug-likeness (QED) is 0.922. The molecule has 0 saturated carbocycles. The van der Waals surface area contributed by atoms with Crippen molar-refractivity contribution in [1.82, 2.24) is 5.32 Å². The number of carbonyl (C=O) groups excluding carboxylic acids is 1. The minimum absolute atomic E-state index is 0.0103. The van der Waals surface area contributed by atoms with Crippen molar-refractivity contribution in [3.63, 3.8) is 0 Å². The minimum Gasteiger partial charge on any atom is -0.486 e. The fraction of sp³-hybridized carbons (Fsp3) is 0.278. The van der Waals surface area contributed by atoms with Crippen molar-refractivity contribution in [1.29, 1.82) is 0 Å². The zero-order chi connectivity index (χ0) is 15.2. The van der Waals surface area contributed by atoms with Gasteiger partial charge in [-0.05, 0) is 24.1 Å². The average molecular weight is 297 g/mol. The Kier molecular flexibility index (Phi) is 4.59. The molecule has 22 heavy (non-hydrogen) atoms. The number of nitrogens with one attached hydrogen (secondary N) is 1. The Balaban J connectivity index is 1.43. The molecule has 4 nitrogen and oxygen atoms in total. The summed E-state index contributed by atoms with van der Waals surface area (Å²) in [6, 6.07) is 17.6. The predicted octanol–water partition coefficient (Wildman–Crippen LogP) is 2.58. The van der Waals surface area contributed by atoms with Gasteiger partial charge in [-0.25, -0.2) is 0 Å². The summed E-state index contributed by atoms with van der Waals surface area (Å²) in [5, 5.41) is 2.93. The molecule has 2 aromatic rings. The summed E-state index contributed by atoms with van der Waals surface area (Å²) in [4.78, 5) is 12.0. The number of hydrogen-bond donors (Lipinski definition) is 1. The Morgan fingerprint density at radius 1 is 1.05 bits per heavy atom. The molecule has 0 radical (unpaired) electrons. The molecule has 1 N–H and O–H groups in total. The van der Waals surface area contributed by atoms with Crippen LogP contribution in [0.4, 0.5) is 0 Å². The van der Waals surface area contributed by atoms with Gasteiger partial charge in [-0.2, -0.15) is 0 Å². The maximum absolute atomic E-state index is 12.0. The van der Waals surface area contributed by atoms with E-state index in [0.29, 0.717) is 25.3 Å². The van der Waals surface area contributed by atoms with Crippen LogP contribution in [0.25, 0.3) is 0 Å². The normalized spacial score (nSPS) is 16.1. The van der Waals surface area contributed by atoms with Gasteiger partial charge in [0.1, 0.15) is 12.7 Å². The van der Waals surface area contributed by atoms with E-state index >= 15 is 0 Å². The van der Waals surface area contributed by atoms with Crippen LogP contribution in [0, 0.1) is 0 Å². The summed E-state index contributed by atoms with van der Waals surface area (Å²) in [7, 11) is 0. The van der Waals surface area contributed by atoms with Gasteiger partial charge < -0.3 is 14.8 Å². The molecular formula is C18H19NO3. The van der Waals surface area contributed by atoms with Crippen molar-refractivity contribution < 1.29 is 14.3 Å². The first-order chi connectivity index (χ1) is 10.8. The van der Waals surface area contributed by atoms with Gasteiger partial charge in [0.05, 0.1) is 6.42 Å². The Morgan fingerprint density at radius 2 is 1.77 bits per heavy atom. The van der Waals surface area contributed by atoms with E-state index in [4.69, 9.17) is 9.47 Å². The highest BCUT2D eigenvalue weighted by Gasteiger charge is 2.22. The highest BCUT2D eigenvalue weighted by molar-refractivity contribution is 5.76. The van der Waals surface area contributed by atoms with E-state index in [1.54, 1.807) is 0 Å². The molecule has 4 heteroatoms. The fourth-order valence-corrected chi connectivity index (χ4v) is 2.43. The largest absolute Gasteiger partial charge is 0.486 e. The van der Waals surface area contributed by atoms with Gasteiger partial charge in [-0.1, -0.05) is 42.5 Å². The Bertz CT molecular complexity index is 627. The number of benzene rings is 2. The summed E-state index contributed by atoms with van der Waals surface area (Å²) >= 11 is 0. The van der Waals surface area contributed by atoms with Crippen LogP contribution in [0.5, 0.6) is 11.5 Å². The first-order valence-electron chi connectivity index (χ1n) is 7.50. The Hall–Kier alpha value is -2.49. The molecule has 2 aromatic carbocycles. The maximum atomic E-state index is 12.0. The minimum atomic E-state index is -0.230. The van der Waals surface area contributed by atoms with Crippen LogP contribution in [-0.2, 0) is 11.2 Å². The highest BCUT2D eigenvalue weighted by atomic mass is 16.6. The maximum Gasteiger partial charge on any atom is 0.223 e. The first kappa shape index (κ1) is 14.4. The van der Waals surface area contributed by atoms with Crippen molar-refractivity contribution >= 4 is 5.91 Å². The zero-order valence-electron chi connectivity index (χ0n) is 12.3. The number of fused-ring (bicyclic) bond motifs is 1. The summed E-state index contributed by atoms with van der Waals surface area (Å²) in [6.45, 7) is 1.04. The van der Waals surface area contributed by atoms with Crippen LogP contribution in [0.1, 0.15) is 12.0 Å². The molecule has 0 spiro atoms. The van der Waals surface area contributed by atoms with Crippen LogP contribution in [-0.4, -0.2) is 25.2 Å². The van der Waals surface area contributed by atoms with Gasteiger partial charge in [0, 0.05) is 6.54 Å². The number of carbonyl (C=O) groups is 1. The van der Waals surface area contributed by atoms with Crippen molar-refractivity contribution in [2.24, 2.45) is 0 Å². The third-order valence-corrected chi connectivity index (χ3v) is 3.56. The van der Waals surface area contributed by atoms with E-state index in [2.05, 4.69) is 17.4 Å². The smallest absolute Gasteiger partial charge is 0.223 e. The molecule has 1 amide bonds. The fourth-order valence-electron chi connectivity index (χ4n) is 2.43. The molecule has 1 aliphatic heterocycles. The summed E-state index contributed by atoms with van der Waals surface area (Å²) < 4.78 is 11.4. The lowest BCUT2D eigenvalue weighted by Crippen LogP contribution is -2.36. The lowest BCUT2D eigenvalue weighted by Gasteiger charge is -2.26. The van der Waals surface area contributed by atoms with Crippen LogP contribution < -0.4 is 14.8 Å². The second kappa shape index (κ2) is 6.98. The molecule has 0 aromatic heterocycles. The topological polar surface area (TPSA) is 47.6 Å². The number of para-hydroxylation sites is 2. The molecule has 1 aliphatic rings. The predicted molar refractivity (Wildman–Crippen MR) is 84.1 cm³/mol. The van der Waals surface area contributed by atoms with Gasteiger partial charge in [0.2, 0.25) is 5.91 Å². The molecule has 0 unspecified atom stereocenters. The number of amides is 1. The SMILES string of the molecule is O=C(C[C@@H]1COc2ccccc2O1)NCCc1ccccc1. The van der Waals surface area contributed by atoms with E-state index in [-0.39, 0.29) is 12.0 Å². The summed E-state index contributed by atoms with van der Waals surface area (Å²) in [5.41, 5.74) is 1.22. The second-order valence-corrected chi connectivity index (χ2v) is 5.29. The lowest BCUT2D eigenvalue weighted by molar-refractivity contribution is -0.123. The van der Waals surface area contributed by atoms with E-state index in [0.717, 1.165) is 12.2 Å². The monoisotopic (exact) mass is 297 g/mol. The van der Waals surface area contributed by atoms with Crippen LogP contribution >= 0.6 is 0 Å². The third kappa shape index (κ3) is 3.79. The molecule has 0 fully saturated rings. The summed E-state index contributed by atoms with van der Waals surface area (Å²) in [6.07, 6.45) is 0.909. The van der Waals surface area contributed by atoms with Crippen molar-refractivity contribution in [2.75, 3.05) is 13.2 Å². The number of rotatable bonds is 5. The molecule has 1 heterocycles. The van der Waals surface area contributed by atoms with E-state index in [9.17, 15) is 4.79 Å². The van der Waals surface area contributed by atoms with E-state index in [1.165, 1.54) is 5.56 Å². The molecule has 114 valence electrons. The van der Waals surface area contributed by atoms with Gasteiger partial charge >= 0.3 is 0 Å². The second-order valence-electron chi connectivity index (χ2n) is 5.29. The lowest BCUT2D eigenvalue weighted by atomic mass is 10.1. The van der Waals surface area contributed by atoms with E-state index < -0.39 is 0 Å². The highest BCUT2D eigenvalue weighted by Crippen LogP contribution is 2.31. The first-order valence-corrected chi connectivity index (χ1v) is 7.50. The van der Waals surface area contributed by atoms with Crippen LogP contribution in [0.15, 0.2) is 54.6 Å². The Morgan fingerprint density at radius 3 is 2.59 bits per heavy atom. The van der Waals surface area contributed by atoms with E-state index in [1.807, 2.05) is 42.5 Å². The Labute approximate surface area is 130 Å². The molecule has 0 saturated heterocycles. The molecule has 0 bridgehead atoms. The van der Waals surface area contributed by atoms with Crippen LogP contribution in [0.2, 0.25) is 0 Å². The third-order valence-electron chi connectivity index (χ3n) is 3.56. The molecular weight excluding hydrogens is 278 g/mol. The van der Waals surface area contributed by atoms with Gasteiger partial charge in [0.15, 0.2) is 11.5 Å². The number of ether oxygens (including phenoxy) is 2. The molecule has 3 rings (SSSR count). The molecule has 0 aliphatic carbocycles. The standard InChI is InChI=1S/C18H19NO3/c20-18(19-11-10-14-6-2-1-3-7-14)12-15-13-21-16-8-4-5-9-17(16)22-15/h1-9,15H,10-13H2,(H,19,20)/t15-/m1/s1. The van der Waals surface area contributed by atoms with Crippen molar-refractivity contribution in [2.45, 2.75) is 18.9 Å². The van der Waals surface area contributed by atoms with Crippen LogP contribution in [0.3, 0.4) is 0 Å². The van der Waals surface area contributed by atoms with Gasteiger partial charge in [-0.3, -0.25) is 4.79 Å². The summed E-state index contributed by atoms with van der Waals surface area (Å²) in [5.74, 6) is 1.43. The van der Waals surface area contributed by atoms with Crippen molar-refractivity contribution in [3.8, 4) is 11.5 Å². The zero-order valence-corrected chi connectivity index (χ0v) is 12.3.